The molecule has 2 atom stereocenters. The molecule has 2 unspecified atom stereocenters. The first-order valence-corrected chi connectivity index (χ1v) is 11.8. The van der Waals surface area contributed by atoms with Crippen molar-refractivity contribution in [3.8, 4) is 0 Å². The third-order valence-corrected chi connectivity index (χ3v) is 7.44. The molecule has 1 aromatic rings. The van der Waals surface area contributed by atoms with Crippen LogP contribution in [0.5, 0.6) is 0 Å². The van der Waals surface area contributed by atoms with Crippen molar-refractivity contribution in [2.45, 2.75) is 57.4 Å². The van der Waals surface area contributed by atoms with Gasteiger partial charge in [0.05, 0.1) is 5.02 Å². The molecule has 2 rings (SSSR count). The molecule has 7 nitrogen and oxygen atoms in total. The number of benzene rings is 1. The van der Waals surface area contributed by atoms with Crippen LogP contribution in [0.3, 0.4) is 0 Å². The summed E-state index contributed by atoms with van der Waals surface area (Å²) in [4.78, 5) is 24.2. The molecule has 0 saturated carbocycles. The van der Waals surface area contributed by atoms with Gasteiger partial charge in [0.25, 0.3) is 5.91 Å². The fourth-order valence-corrected chi connectivity index (χ4v) is 5.29. The summed E-state index contributed by atoms with van der Waals surface area (Å²) in [5, 5.41) is 5.57. The molecule has 9 heteroatoms. The van der Waals surface area contributed by atoms with Crippen molar-refractivity contribution < 1.29 is 18.0 Å². The van der Waals surface area contributed by atoms with E-state index in [4.69, 9.17) is 11.6 Å². The Morgan fingerprint density at radius 3 is 2.72 bits per heavy atom. The normalized spacial score (nSPS) is 18.8. The highest BCUT2D eigenvalue weighted by atomic mass is 35.5. The van der Waals surface area contributed by atoms with Crippen molar-refractivity contribution in [3.05, 3.63) is 28.8 Å². The average Bonchev–Trinajstić information content (AvgIpc) is 2.67. The van der Waals surface area contributed by atoms with Crippen LogP contribution >= 0.6 is 11.6 Å². The lowest BCUT2D eigenvalue weighted by atomic mass is 10.0. The molecule has 1 aliphatic heterocycles. The lowest BCUT2D eigenvalue weighted by Crippen LogP contribution is -2.39. The number of carbonyl (C=O) groups is 2. The number of nitrogens with zero attached hydrogens (tertiary/aromatic N) is 1. The second-order valence-electron chi connectivity index (χ2n) is 7.64. The van der Waals surface area contributed by atoms with Gasteiger partial charge in [-0.1, -0.05) is 25.4 Å². The maximum Gasteiger partial charge on any atom is 0.251 e. The van der Waals surface area contributed by atoms with Gasteiger partial charge in [-0.15, -0.1) is 0 Å². The van der Waals surface area contributed by atoms with Gasteiger partial charge in [0.1, 0.15) is 4.90 Å². The van der Waals surface area contributed by atoms with Crippen molar-refractivity contribution in [1.29, 1.82) is 0 Å². The van der Waals surface area contributed by atoms with Gasteiger partial charge < -0.3 is 10.6 Å². The largest absolute Gasteiger partial charge is 0.354 e. The van der Waals surface area contributed by atoms with Gasteiger partial charge in [0.2, 0.25) is 15.9 Å². The Morgan fingerprint density at radius 2 is 2.07 bits per heavy atom. The number of carbonyl (C=O) groups excluding carboxylic acids is 2. The number of rotatable bonds is 8. The molecule has 29 heavy (non-hydrogen) atoms. The van der Waals surface area contributed by atoms with Crippen LogP contribution in [0.2, 0.25) is 5.02 Å². The van der Waals surface area contributed by atoms with E-state index in [1.54, 1.807) is 0 Å². The minimum absolute atomic E-state index is 0.0598. The molecule has 1 heterocycles. The van der Waals surface area contributed by atoms with Crippen molar-refractivity contribution in [2.24, 2.45) is 5.92 Å². The predicted octanol–water partition coefficient (Wildman–Crippen LogP) is 2.80. The van der Waals surface area contributed by atoms with E-state index in [0.717, 1.165) is 19.3 Å². The molecule has 1 fully saturated rings. The lowest BCUT2D eigenvalue weighted by Gasteiger charge is -2.30. The summed E-state index contributed by atoms with van der Waals surface area (Å²) in [6.45, 7) is 6.96. The lowest BCUT2D eigenvalue weighted by molar-refractivity contribution is -0.121. The Balaban J connectivity index is 2.06. The van der Waals surface area contributed by atoms with Crippen LogP contribution in [0.25, 0.3) is 0 Å². The Bertz CT molecular complexity index is 844. The maximum atomic E-state index is 13.0. The standard InChI is InChI=1S/C20H30ClN3O4S/c1-4-15(3)23-19(25)9-10-22-20(26)16-7-8-17(21)18(12-16)29(27,28)24-11-5-6-14(2)13-24/h7-8,12,14-15H,4-6,9-11,13H2,1-3H3,(H,22,26)(H,23,25). The van der Waals surface area contributed by atoms with Gasteiger partial charge in [-0.3, -0.25) is 9.59 Å². The van der Waals surface area contributed by atoms with Gasteiger partial charge >= 0.3 is 0 Å². The molecule has 0 bridgehead atoms. The molecule has 0 radical (unpaired) electrons. The van der Waals surface area contributed by atoms with Crippen LogP contribution < -0.4 is 10.6 Å². The average molecular weight is 444 g/mol. The topological polar surface area (TPSA) is 95.6 Å². The molecular weight excluding hydrogens is 414 g/mol. The first-order valence-electron chi connectivity index (χ1n) is 10.0. The number of amides is 2. The number of hydrogen-bond acceptors (Lipinski definition) is 4. The van der Waals surface area contributed by atoms with Gasteiger partial charge in [0.15, 0.2) is 0 Å². The summed E-state index contributed by atoms with van der Waals surface area (Å²) in [5.41, 5.74) is 0.195. The highest BCUT2D eigenvalue weighted by Crippen LogP contribution is 2.29. The molecule has 1 aromatic carbocycles. The molecule has 2 amide bonds. The smallest absolute Gasteiger partial charge is 0.251 e. The number of hydrogen-bond donors (Lipinski definition) is 2. The van der Waals surface area contributed by atoms with Crippen LogP contribution in [-0.4, -0.2) is 50.2 Å². The molecule has 0 spiro atoms. The summed E-state index contributed by atoms with van der Waals surface area (Å²) in [6.07, 6.45) is 2.78. The Kier molecular flexibility index (Phi) is 8.48. The SMILES string of the molecule is CCC(C)NC(=O)CCNC(=O)c1ccc(Cl)c(S(=O)(=O)N2CCCC(C)C2)c1. The van der Waals surface area contributed by atoms with Crippen LogP contribution in [0.1, 0.15) is 56.8 Å². The number of piperidine rings is 1. The van der Waals surface area contributed by atoms with Crippen LogP contribution in [0, 0.1) is 5.92 Å². The van der Waals surface area contributed by atoms with Gasteiger partial charge in [-0.05, 0) is 50.3 Å². The Labute approximate surface area is 178 Å². The van der Waals surface area contributed by atoms with E-state index in [1.165, 1.54) is 22.5 Å². The third kappa shape index (κ3) is 6.42. The first-order chi connectivity index (χ1) is 13.6. The second kappa shape index (κ2) is 10.4. The zero-order valence-electron chi connectivity index (χ0n) is 17.2. The second-order valence-corrected chi connectivity index (χ2v) is 9.95. The highest BCUT2D eigenvalue weighted by Gasteiger charge is 2.30. The van der Waals surface area contributed by atoms with Gasteiger partial charge in [-0.2, -0.15) is 4.31 Å². The molecular formula is C20H30ClN3O4S. The van der Waals surface area contributed by atoms with Crippen LogP contribution in [0.4, 0.5) is 0 Å². The molecule has 2 N–H and O–H groups in total. The van der Waals surface area contributed by atoms with Crippen molar-refractivity contribution in [1.82, 2.24) is 14.9 Å². The minimum atomic E-state index is -3.77. The summed E-state index contributed by atoms with van der Waals surface area (Å²) in [6, 6.07) is 4.30. The van der Waals surface area contributed by atoms with E-state index < -0.39 is 15.9 Å². The van der Waals surface area contributed by atoms with Gasteiger partial charge in [0, 0.05) is 37.7 Å². The van der Waals surface area contributed by atoms with E-state index >= 15 is 0 Å². The number of halogens is 1. The Morgan fingerprint density at radius 1 is 1.34 bits per heavy atom. The number of sulfonamides is 1. The fourth-order valence-electron chi connectivity index (χ4n) is 3.19. The predicted molar refractivity (Wildman–Crippen MR) is 113 cm³/mol. The fraction of sp³-hybridized carbons (Fsp3) is 0.600. The van der Waals surface area contributed by atoms with Gasteiger partial charge in [-0.25, -0.2) is 8.42 Å². The minimum Gasteiger partial charge on any atom is -0.354 e. The van der Waals surface area contributed by atoms with Crippen LogP contribution in [0.15, 0.2) is 23.1 Å². The summed E-state index contributed by atoms with van der Waals surface area (Å²) in [7, 11) is -3.77. The third-order valence-electron chi connectivity index (χ3n) is 5.09. The Hall–Kier alpha value is -1.64. The quantitative estimate of drug-likeness (QED) is 0.645. The van der Waals surface area contributed by atoms with Crippen LogP contribution in [-0.2, 0) is 14.8 Å². The van der Waals surface area contributed by atoms with E-state index in [0.29, 0.717) is 13.1 Å². The summed E-state index contributed by atoms with van der Waals surface area (Å²) < 4.78 is 27.5. The van der Waals surface area contributed by atoms with E-state index in [2.05, 4.69) is 10.6 Å². The highest BCUT2D eigenvalue weighted by molar-refractivity contribution is 7.89. The van der Waals surface area contributed by atoms with E-state index in [-0.39, 0.29) is 46.3 Å². The molecule has 1 saturated heterocycles. The van der Waals surface area contributed by atoms with E-state index in [1.807, 2.05) is 20.8 Å². The molecule has 1 aliphatic rings. The molecule has 0 aromatic heterocycles. The summed E-state index contributed by atoms with van der Waals surface area (Å²) >= 11 is 6.16. The summed E-state index contributed by atoms with van der Waals surface area (Å²) in [5.74, 6) is -0.301. The zero-order chi connectivity index (χ0) is 21.6. The van der Waals surface area contributed by atoms with E-state index in [9.17, 15) is 18.0 Å². The molecule has 0 aliphatic carbocycles. The monoisotopic (exact) mass is 443 g/mol. The first kappa shape index (κ1) is 23.6. The molecule has 162 valence electrons. The van der Waals surface area contributed by atoms with Crippen molar-refractivity contribution in [3.63, 3.8) is 0 Å². The maximum absolute atomic E-state index is 13.0. The zero-order valence-corrected chi connectivity index (χ0v) is 18.8. The van der Waals surface area contributed by atoms with Crippen molar-refractivity contribution in [2.75, 3.05) is 19.6 Å². The number of nitrogens with one attached hydrogen (secondary N) is 2. The van der Waals surface area contributed by atoms with Crippen molar-refractivity contribution >= 4 is 33.4 Å².